The molecular weight excluding hydrogens is 376 g/mol. The van der Waals surface area contributed by atoms with E-state index in [9.17, 15) is 4.79 Å². The first-order valence-corrected chi connectivity index (χ1v) is 9.20. The standard InChI is InChI=1S/C19H22N6O2S/c1-13(12-27-2)20-19(28)23-22-18(26)15-9-7-14(8-10-15)11-25-17-6-4-3-5-16(17)21-24-25/h3-10,13H,11-12H2,1-2H3,(H,22,26)(H2,20,23,28)/t13-/m1/s1. The lowest BCUT2D eigenvalue weighted by molar-refractivity contribution is 0.0943. The molecule has 0 radical (unpaired) electrons. The first kappa shape index (κ1) is 19.7. The van der Waals surface area contributed by atoms with Crippen LogP contribution in [-0.2, 0) is 11.3 Å². The Kier molecular flexibility index (Phi) is 6.51. The number of methoxy groups -OCH3 is 1. The van der Waals surface area contributed by atoms with E-state index < -0.39 is 0 Å². The number of ether oxygens (including phenoxy) is 1. The molecule has 0 spiro atoms. The first-order chi connectivity index (χ1) is 13.6. The maximum atomic E-state index is 12.3. The molecule has 8 nitrogen and oxygen atoms in total. The monoisotopic (exact) mass is 398 g/mol. The van der Waals surface area contributed by atoms with Gasteiger partial charge in [0.1, 0.15) is 5.52 Å². The van der Waals surface area contributed by atoms with Crippen LogP contribution in [0.4, 0.5) is 0 Å². The van der Waals surface area contributed by atoms with Gasteiger partial charge >= 0.3 is 0 Å². The van der Waals surface area contributed by atoms with E-state index in [0.29, 0.717) is 23.8 Å². The van der Waals surface area contributed by atoms with Crippen molar-refractivity contribution in [3.63, 3.8) is 0 Å². The minimum Gasteiger partial charge on any atom is -0.383 e. The smallest absolute Gasteiger partial charge is 0.269 e. The number of benzene rings is 2. The fourth-order valence-electron chi connectivity index (χ4n) is 2.71. The van der Waals surface area contributed by atoms with Crippen molar-refractivity contribution in [1.82, 2.24) is 31.2 Å². The number of hydrogen-bond donors (Lipinski definition) is 3. The molecule has 0 saturated heterocycles. The van der Waals surface area contributed by atoms with Gasteiger partial charge in [-0.3, -0.25) is 15.6 Å². The van der Waals surface area contributed by atoms with Crippen molar-refractivity contribution >= 4 is 34.3 Å². The third kappa shape index (κ3) is 5.02. The van der Waals surface area contributed by atoms with Crippen LogP contribution in [0, 0.1) is 0 Å². The molecule has 146 valence electrons. The highest BCUT2D eigenvalue weighted by molar-refractivity contribution is 7.80. The summed E-state index contributed by atoms with van der Waals surface area (Å²) in [7, 11) is 1.62. The summed E-state index contributed by atoms with van der Waals surface area (Å²) in [5, 5.41) is 11.7. The number of rotatable bonds is 6. The molecule has 28 heavy (non-hydrogen) atoms. The molecule has 3 rings (SSSR count). The molecule has 3 N–H and O–H groups in total. The Labute approximate surface area is 168 Å². The number of carbonyl (C=O) groups excluding carboxylic acids is 1. The van der Waals surface area contributed by atoms with Gasteiger partial charge in [-0.2, -0.15) is 0 Å². The summed E-state index contributed by atoms with van der Waals surface area (Å²) in [6.45, 7) is 3.01. The second kappa shape index (κ2) is 9.25. The van der Waals surface area contributed by atoms with Crippen LogP contribution >= 0.6 is 12.2 Å². The zero-order chi connectivity index (χ0) is 19.9. The van der Waals surface area contributed by atoms with E-state index >= 15 is 0 Å². The Hall–Kier alpha value is -3.04. The second-order valence-electron chi connectivity index (χ2n) is 6.34. The number of hydrazine groups is 1. The molecule has 1 aromatic heterocycles. The van der Waals surface area contributed by atoms with Gasteiger partial charge in [0, 0.05) is 18.7 Å². The molecule has 0 unspecified atom stereocenters. The molecule has 0 saturated carbocycles. The fourth-order valence-corrected chi connectivity index (χ4v) is 2.96. The molecule has 2 aromatic carbocycles. The van der Waals surface area contributed by atoms with E-state index in [-0.39, 0.29) is 11.9 Å². The third-order valence-corrected chi connectivity index (χ3v) is 4.27. The minimum atomic E-state index is -0.277. The molecule has 3 aromatic rings. The molecule has 1 amide bonds. The Morgan fingerprint density at radius 3 is 2.68 bits per heavy atom. The normalized spacial score (nSPS) is 11.8. The van der Waals surface area contributed by atoms with Gasteiger partial charge in [-0.05, 0) is 49.0 Å². The number of thiocarbonyl (C=S) groups is 1. The molecule has 0 fully saturated rings. The van der Waals surface area contributed by atoms with Crippen LogP contribution < -0.4 is 16.2 Å². The molecular formula is C19H22N6O2S. The van der Waals surface area contributed by atoms with Gasteiger partial charge in [-0.25, -0.2) is 4.68 Å². The lowest BCUT2D eigenvalue weighted by Crippen LogP contribution is -2.49. The average molecular weight is 398 g/mol. The molecule has 1 atom stereocenters. The highest BCUT2D eigenvalue weighted by Gasteiger charge is 2.09. The second-order valence-corrected chi connectivity index (χ2v) is 6.75. The number of nitrogens with zero attached hydrogens (tertiary/aromatic N) is 3. The quantitative estimate of drug-likeness (QED) is 0.429. The topological polar surface area (TPSA) is 93.1 Å². The molecule has 0 bridgehead atoms. The predicted molar refractivity (Wildman–Crippen MR) is 111 cm³/mol. The van der Waals surface area contributed by atoms with Crippen LogP contribution in [0.5, 0.6) is 0 Å². The van der Waals surface area contributed by atoms with Gasteiger partial charge in [0.25, 0.3) is 5.91 Å². The molecule has 0 aliphatic heterocycles. The summed E-state index contributed by atoms with van der Waals surface area (Å²) in [6, 6.07) is 15.1. The third-order valence-electron chi connectivity index (χ3n) is 4.05. The number of para-hydroxylation sites is 1. The lowest BCUT2D eigenvalue weighted by atomic mass is 10.1. The van der Waals surface area contributed by atoms with E-state index in [1.807, 2.05) is 48.0 Å². The molecule has 0 aliphatic rings. The van der Waals surface area contributed by atoms with Crippen LogP contribution in [0.2, 0.25) is 0 Å². The SMILES string of the molecule is COC[C@@H](C)NC(=S)NNC(=O)c1ccc(Cn2nnc3ccccc32)cc1. The zero-order valence-corrected chi connectivity index (χ0v) is 16.5. The number of aromatic nitrogens is 3. The van der Waals surface area contributed by atoms with E-state index in [0.717, 1.165) is 16.6 Å². The van der Waals surface area contributed by atoms with Crippen molar-refractivity contribution < 1.29 is 9.53 Å². The zero-order valence-electron chi connectivity index (χ0n) is 15.7. The lowest BCUT2D eigenvalue weighted by Gasteiger charge is -2.16. The van der Waals surface area contributed by atoms with Gasteiger partial charge in [-0.15, -0.1) is 5.10 Å². The van der Waals surface area contributed by atoms with E-state index in [1.54, 1.807) is 19.2 Å². The largest absolute Gasteiger partial charge is 0.383 e. The van der Waals surface area contributed by atoms with Gasteiger partial charge in [0.05, 0.1) is 18.7 Å². The van der Waals surface area contributed by atoms with Crippen LogP contribution in [0.15, 0.2) is 48.5 Å². The van der Waals surface area contributed by atoms with Crippen LogP contribution in [-0.4, -0.2) is 45.8 Å². The van der Waals surface area contributed by atoms with Crippen molar-refractivity contribution in [2.45, 2.75) is 19.5 Å². The molecule has 1 heterocycles. The maximum Gasteiger partial charge on any atom is 0.269 e. The number of hydrogen-bond acceptors (Lipinski definition) is 5. The number of fused-ring (bicyclic) bond motifs is 1. The van der Waals surface area contributed by atoms with E-state index in [4.69, 9.17) is 17.0 Å². The van der Waals surface area contributed by atoms with Crippen LogP contribution in [0.3, 0.4) is 0 Å². The first-order valence-electron chi connectivity index (χ1n) is 8.80. The highest BCUT2D eigenvalue weighted by Crippen LogP contribution is 2.12. The summed E-state index contributed by atoms with van der Waals surface area (Å²) in [5.41, 5.74) is 8.62. The minimum absolute atomic E-state index is 0.0362. The van der Waals surface area contributed by atoms with Gasteiger partial charge in [0.15, 0.2) is 5.11 Å². The fraction of sp³-hybridized carbons (Fsp3) is 0.263. The maximum absolute atomic E-state index is 12.3. The summed E-state index contributed by atoms with van der Waals surface area (Å²) in [6.07, 6.45) is 0. The summed E-state index contributed by atoms with van der Waals surface area (Å²) in [5.74, 6) is -0.277. The Morgan fingerprint density at radius 2 is 1.93 bits per heavy atom. The summed E-state index contributed by atoms with van der Waals surface area (Å²) in [4.78, 5) is 12.3. The van der Waals surface area contributed by atoms with Crippen molar-refractivity contribution in [2.24, 2.45) is 0 Å². The molecule has 9 heteroatoms. The van der Waals surface area contributed by atoms with Gasteiger partial charge < -0.3 is 10.1 Å². The van der Waals surface area contributed by atoms with Gasteiger partial charge in [0.2, 0.25) is 0 Å². The van der Waals surface area contributed by atoms with Crippen LogP contribution in [0.1, 0.15) is 22.8 Å². The van der Waals surface area contributed by atoms with Crippen LogP contribution in [0.25, 0.3) is 11.0 Å². The Morgan fingerprint density at radius 1 is 1.18 bits per heavy atom. The summed E-state index contributed by atoms with van der Waals surface area (Å²) < 4.78 is 6.85. The van der Waals surface area contributed by atoms with Crippen molar-refractivity contribution in [2.75, 3.05) is 13.7 Å². The Bertz CT molecular complexity index is 956. The highest BCUT2D eigenvalue weighted by atomic mass is 32.1. The van der Waals surface area contributed by atoms with Crippen molar-refractivity contribution in [1.29, 1.82) is 0 Å². The van der Waals surface area contributed by atoms with Crippen molar-refractivity contribution in [3.05, 3.63) is 59.7 Å². The Balaban J connectivity index is 1.55. The number of carbonyl (C=O) groups is 1. The van der Waals surface area contributed by atoms with Gasteiger partial charge in [-0.1, -0.05) is 29.5 Å². The van der Waals surface area contributed by atoms with Crippen molar-refractivity contribution in [3.8, 4) is 0 Å². The average Bonchev–Trinajstić information content (AvgIpc) is 3.10. The molecule has 0 aliphatic carbocycles. The predicted octanol–water partition coefficient (Wildman–Crippen LogP) is 1.62. The van der Waals surface area contributed by atoms with E-state index in [2.05, 4.69) is 26.5 Å². The number of nitrogens with one attached hydrogen (secondary N) is 3. The van der Waals surface area contributed by atoms with E-state index in [1.165, 1.54) is 0 Å². The summed E-state index contributed by atoms with van der Waals surface area (Å²) >= 11 is 5.13. The number of amides is 1.